The number of nitrogens with one attached hydrogen (secondary N) is 1. The van der Waals surface area contributed by atoms with E-state index in [1.54, 1.807) is 10.6 Å². The van der Waals surface area contributed by atoms with Gasteiger partial charge in [-0.2, -0.15) is 0 Å². The van der Waals surface area contributed by atoms with Crippen LogP contribution in [0.25, 0.3) is 27.7 Å². The minimum absolute atomic E-state index is 0.0360. The highest BCUT2D eigenvalue weighted by Gasteiger charge is 2.18. The summed E-state index contributed by atoms with van der Waals surface area (Å²) in [6, 6.07) is 12.0. The fraction of sp³-hybridized carbons (Fsp3) is 0.250. The van der Waals surface area contributed by atoms with Crippen molar-refractivity contribution in [2.45, 2.75) is 26.8 Å². The first kappa shape index (κ1) is 17.9. The molecule has 5 rings (SSSR count). The van der Waals surface area contributed by atoms with Gasteiger partial charge in [0.25, 0.3) is 5.56 Å². The molecule has 1 aliphatic heterocycles. The second-order valence-corrected chi connectivity index (χ2v) is 7.88. The summed E-state index contributed by atoms with van der Waals surface area (Å²) < 4.78 is 3.99. The SMILES string of the molecule is Cc1ccc(-c2cc(=O)n(-c3ccc4c5c(n(C)c4c3)CNCC5)cc2C)cn1. The molecule has 29 heavy (non-hydrogen) atoms. The Labute approximate surface area is 169 Å². The molecule has 0 fully saturated rings. The summed E-state index contributed by atoms with van der Waals surface area (Å²) in [5.74, 6) is 0. The van der Waals surface area contributed by atoms with Crippen molar-refractivity contribution in [2.24, 2.45) is 7.05 Å². The van der Waals surface area contributed by atoms with Crippen LogP contribution < -0.4 is 10.9 Å². The van der Waals surface area contributed by atoms with Crippen molar-refractivity contribution < 1.29 is 0 Å². The molecule has 1 aromatic carbocycles. The Bertz CT molecular complexity index is 1300. The van der Waals surface area contributed by atoms with Crippen LogP contribution in [0.3, 0.4) is 0 Å². The van der Waals surface area contributed by atoms with Crippen LogP contribution >= 0.6 is 0 Å². The van der Waals surface area contributed by atoms with Crippen LogP contribution in [0, 0.1) is 13.8 Å². The molecular formula is C24H24N4O. The van der Waals surface area contributed by atoms with Crippen molar-refractivity contribution in [2.75, 3.05) is 6.54 Å². The van der Waals surface area contributed by atoms with Gasteiger partial charge < -0.3 is 9.88 Å². The van der Waals surface area contributed by atoms with Gasteiger partial charge >= 0.3 is 0 Å². The number of aryl methyl sites for hydroxylation is 3. The van der Waals surface area contributed by atoms with Crippen molar-refractivity contribution in [1.82, 2.24) is 19.4 Å². The third kappa shape index (κ3) is 2.89. The van der Waals surface area contributed by atoms with Crippen molar-refractivity contribution >= 4 is 10.9 Å². The van der Waals surface area contributed by atoms with Gasteiger partial charge in [0.1, 0.15) is 0 Å². The molecule has 0 aliphatic carbocycles. The summed E-state index contributed by atoms with van der Waals surface area (Å²) in [6.45, 7) is 5.91. The quantitative estimate of drug-likeness (QED) is 0.574. The van der Waals surface area contributed by atoms with Crippen molar-refractivity contribution in [3.05, 3.63) is 81.7 Å². The monoisotopic (exact) mass is 384 g/mol. The maximum absolute atomic E-state index is 13.0. The Kier molecular flexibility index (Phi) is 4.14. The first-order chi connectivity index (χ1) is 14.0. The van der Waals surface area contributed by atoms with Crippen LogP contribution in [0.4, 0.5) is 0 Å². The first-order valence-corrected chi connectivity index (χ1v) is 10.0. The van der Waals surface area contributed by atoms with E-state index in [-0.39, 0.29) is 5.56 Å². The molecule has 0 saturated heterocycles. The van der Waals surface area contributed by atoms with Gasteiger partial charge in [-0.25, -0.2) is 0 Å². The number of rotatable bonds is 2. The maximum Gasteiger partial charge on any atom is 0.255 e. The Balaban J connectivity index is 1.63. The molecule has 0 spiro atoms. The van der Waals surface area contributed by atoms with Gasteiger partial charge in [0.05, 0.1) is 11.2 Å². The highest BCUT2D eigenvalue weighted by atomic mass is 16.1. The van der Waals surface area contributed by atoms with E-state index < -0.39 is 0 Å². The molecular weight excluding hydrogens is 360 g/mol. The normalized spacial score (nSPS) is 13.6. The molecule has 1 aliphatic rings. The molecule has 0 radical (unpaired) electrons. The molecule has 1 N–H and O–H groups in total. The standard InChI is InChI=1S/C24H24N4O/c1-15-14-28(24(29)11-21(15)17-5-4-16(2)26-12-17)18-6-7-19-20-8-9-25-13-23(20)27(3)22(19)10-18/h4-7,10-12,14,25H,8-9,13H2,1-3H3. The second-order valence-electron chi connectivity index (χ2n) is 7.88. The second kappa shape index (κ2) is 6.71. The van der Waals surface area contributed by atoms with E-state index in [9.17, 15) is 4.79 Å². The summed E-state index contributed by atoms with van der Waals surface area (Å²) in [4.78, 5) is 17.3. The predicted octanol–water partition coefficient (Wildman–Crippen LogP) is 3.65. The van der Waals surface area contributed by atoms with Gasteiger partial charge in [0.15, 0.2) is 0 Å². The Hall–Kier alpha value is -3.18. The number of hydrogen-bond donors (Lipinski definition) is 1. The highest BCUT2D eigenvalue weighted by Crippen LogP contribution is 2.29. The van der Waals surface area contributed by atoms with E-state index in [0.717, 1.165) is 47.6 Å². The summed E-state index contributed by atoms with van der Waals surface area (Å²) in [7, 11) is 2.11. The molecule has 146 valence electrons. The lowest BCUT2D eigenvalue weighted by molar-refractivity contribution is 0.614. The van der Waals surface area contributed by atoms with Gasteiger partial charge in [0.2, 0.25) is 0 Å². The zero-order valence-corrected chi connectivity index (χ0v) is 17.0. The molecule has 0 amide bonds. The van der Waals surface area contributed by atoms with Crippen LogP contribution in [0.5, 0.6) is 0 Å². The summed E-state index contributed by atoms with van der Waals surface area (Å²) >= 11 is 0. The highest BCUT2D eigenvalue weighted by molar-refractivity contribution is 5.87. The number of pyridine rings is 2. The first-order valence-electron chi connectivity index (χ1n) is 10.0. The van der Waals surface area contributed by atoms with E-state index in [1.165, 1.54) is 22.2 Å². The molecule has 4 aromatic rings. The zero-order chi connectivity index (χ0) is 20.1. The molecule has 0 saturated carbocycles. The lowest BCUT2D eigenvalue weighted by Gasteiger charge is -2.14. The van der Waals surface area contributed by atoms with E-state index >= 15 is 0 Å². The molecule has 0 bridgehead atoms. The molecule has 4 heterocycles. The van der Waals surface area contributed by atoms with Crippen molar-refractivity contribution in [1.29, 1.82) is 0 Å². The minimum Gasteiger partial charge on any atom is -0.346 e. The zero-order valence-electron chi connectivity index (χ0n) is 17.0. The number of fused-ring (bicyclic) bond motifs is 3. The van der Waals surface area contributed by atoms with E-state index in [1.807, 2.05) is 38.4 Å². The molecule has 3 aromatic heterocycles. The van der Waals surface area contributed by atoms with Crippen LogP contribution in [0.1, 0.15) is 22.5 Å². The van der Waals surface area contributed by atoms with Crippen molar-refractivity contribution in [3.63, 3.8) is 0 Å². The summed E-state index contributed by atoms with van der Waals surface area (Å²) in [5, 5.41) is 4.74. The average molecular weight is 384 g/mol. The largest absolute Gasteiger partial charge is 0.346 e. The Morgan fingerprint density at radius 1 is 1.10 bits per heavy atom. The molecule has 5 nitrogen and oxygen atoms in total. The third-order valence-corrected chi connectivity index (χ3v) is 6.02. The van der Waals surface area contributed by atoms with Gasteiger partial charge in [-0.3, -0.25) is 14.3 Å². The smallest absolute Gasteiger partial charge is 0.255 e. The number of nitrogens with zero attached hydrogens (tertiary/aromatic N) is 3. The number of benzene rings is 1. The predicted molar refractivity (Wildman–Crippen MR) is 117 cm³/mol. The molecule has 5 heteroatoms. The third-order valence-electron chi connectivity index (χ3n) is 6.02. The Morgan fingerprint density at radius 3 is 2.76 bits per heavy atom. The van der Waals surface area contributed by atoms with Crippen LogP contribution in [-0.4, -0.2) is 20.7 Å². The number of aromatic nitrogens is 3. The van der Waals surface area contributed by atoms with Crippen LogP contribution in [0.15, 0.2) is 53.6 Å². The number of hydrogen-bond acceptors (Lipinski definition) is 3. The van der Waals surface area contributed by atoms with E-state index in [4.69, 9.17) is 0 Å². The maximum atomic E-state index is 13.0. The molecule has 0 atom stereocenters. The van der Waals surface area contributed by atoms with Gasteiger partial charge in [-0.15, -0.1) is 0 Å². The lowest BCUT2D eigenvalue weighted by Crippen LogP contribution is -2.24. The lowest BCUT2D eigenvalue weighted by atomic mass is 10.0. The van der Waals surface area contributed by atoms with Crippen LogP contribution in [0.2, 0.25) is 0 Å². The summed E-state index contributed by atoms with van der Waals surface area (Å²) in [5.41, 5.74) is 8.71. The van der Waals surface area contributed by atoms with Crippen molar-refractivity contribution in [3.8, 4) is 16.8 Å². The Morgan fingerprint density at radius 2 is 1.97 bits per heavy atom. The van der Waals surface area contributed by atoms with Gasteiger partial charge in [0, 0.05) is 54.4 Å². The van der Waals surface area contributed by atoms with Gasteiger partial charge in [-0.05, 0) is 61.7 Å². The van der Waals surface area contributed by atoms with E-state index in [2.05, 4.69) is 40.1 Å². The minimum atomic E-state index is -0.0360. The fourth-order valence-corrected chi connectivity index (χ4v) is 4.40. The summed E-state index contributed by atoms with van der Waals surface area (Å²) in [6.07, 6.45) is 4.81. The average Bonchev–Trinajstić information content (AvgIpc) is 3.02. The van der Waals surface area contributed by atoms with E-state index in [0.29, 0.717) is 0 Å². The topological polar surface area (TPSA) is 51.9 Å². The van der Waals surface area contributed by atoms with Crippen LogP contribution in [-0.2, 0) is 20.0 Å². The van der Waals surface area contributed by atoms with Gasteiger partial charge in [-0.1, -0.05) is 12.1 Å². The fourth-order valence-electron chi connectivity index (χ4n) is 4.40. The molecule has 0 unspecified atom stereocenters.